The molecule has 1 spiro atoms. The van der Waals surface area contributed by atoms with Crippen LogP contribution in [0.1, 0.15) is 92.9 Å². The highest BCUT2D eigenvalue weighted by Crippen LogP contribution is 2.78. The van der Waals surface area contributed by atoms with Crippen molar-refractivity contribution in [1.29, 1.82) is 0 Å². The SMILES string of the molecule is CC(CN(C)C)CN1c2ccccc2Sc2ccccc21.CC=C(C)C(=O)OC1CCC2(C)C3CCC4C5(O)CC(O)C6(O)C(CN7CC(C)CCC7C6(C)O)C5(O)CC42OC13O.O=C(O)C(O)C(O)C(=O)O.O=S(=O)(O)O. The molecule has 22 nitrogen and oxygen atoms in total. The van der Waals surface area contributed by atoms with Crippen LogP contribution in [0.25, 0.3) is 0 Å². The molecule has 7 fully saturated rings. The summed E-state index contributed by atoms with van der Waals surface area (Å²) in [6.07, 6.45) is -2.24. The molecule has 0 radical (unpaired) electrons. The first-order valence-corrected chi connectivity index (χ1v) is 28.7. The second-order valence-electron chi connectivity index (χ2n) is 23.7. The van der Waals surface area contributed by atoms with Crippen molar-refractivity contribution in [2.24, 2.45) is 35.0 Å². The molecule has 12 N–H and O–H groups in total. The number of carboxylic acid groups (broad SMARTS) is 2. The maximum atomic E-state index is 12.9. The molecule has 4 aliphatic carbocycles. The Labute approximate surface area is 459 Å². The van der Waals surface area contributed by atoms with Crippen molar-refractivity contribution in [2.45, 2.75) is 167 Å². The lowest BCUT2D eigenvalue weighted by molar-refractivity contribution is -0.354. The number of rotatable bonds is 9. The third-order valence-corrected chi connectivity index (χ3v) is 19.7. The number of nitrogens with zero attached hydrogens (tertiary/aromatic N) is 3. The lowest BCUT2D eigenvalue weighted by atomic mass is 9.49. The first kappa shape index (κ1) is 61.8. The van der Waals surface area contributed by atoms with E-state index >= 15 is 0 Å². The number of esters is 1. The first-order chi connectivity index (χ1) is 36.1. The Morgan fingerprint density at radius 1 is 0.846 bits per heavy atom. The highest BCUT2D eigenvalue weighted by Gasteiger charge is 2.89. The molecule has 24 heteroatoms. The van der Waals surface area contributed by atoms with Crippen molar-refractivity contribution in [2.75, 3.05) is 45.2 Å². The van der Waals surface area contributed by atoms with Gasteiger partial charge in [-0.3, -0.25) is 14.0 Å². The highest BCUT2D eigenvalue weighted by atomic mass is 32.3. The molecule has 4 heterocycles. The molecule has 0 amide bonds. The van der Waals surface area contributed by atoms with Gasteiger partial charge in [-0.1, -0.05) is 62.9 Å². The van der Waals surface area contributed by atoms with E-state index in [4.69, 9.17) is 47.4 Å². The summed E-state index contributed by atoms with van der Waals surface area (Å²) >= 11 is 1.88. The van der Waals surface area contributed by atoms with Crippen LogP contribution in [0.2, 0.25) is 0 Å². The molecule has 0 aromatic heterocycles. The number of aliphatic hydroxyl groups excluding tert-OH is 3. The molecule has 17 unspecified atom stereocenters. The minimum absolute atomic E-state index is 0.0606. The van der Waals surface area contributed by atoms with Crippen LogP contribution in [0, 0.1) is 35.0 Å². The number of hydrogen-bond donors (Lipinski definition) is 12. The zero-order chi connectivity index (χ0) is 58.1. The van der Waals surface area contributed by atoms with Crippen molar-refractivity contribution in [1.82, 2.24) is 9.80 Å². The fourth-order valence-corrected chi connectivity index (χ4v) is 16.1. The van der Waals surface area contributed by atoms with E-state index in [-0.39, 0.29) is 25.4 Å². The standard InChI is InChI=1S/C32H49NO9.C18H22N2S.C4H6O6.H2O4S/c1-6-18(3)25(35)41-24-11-12-26(4)19-8-9-20-28(37)13-23(34)31(39)21(29(28,38)16-30(20,26)42-32(19,24)40)15-33-14-17(2)7-10-22(33)27(31,5)36;1-14(12-19(2)3)13-20-15-8-4-6-10-17(15)21-18-11-7-5-9-16(18)20;5-1(3(7)8)2(6)4(9)10;1-5(2,3)4/h6,17,19-24,34,36-40H,7-16H2,1-5H3;4-11,14H,12-13H2,1-3H3;1-2,5-6H,(H,7,8)(H,9,10);(H2,1,2,3,4). The predicted molar refractivity (Wildman–Crippen MR) is 283 cm³/mol. The minimum Gasteiger partial charge on any atom is -0.479 e. The van der Waals surface area contributed by atoms with Gasteiger partial charge in [-0.2, -0.15) is 8.42 Å². The zero-order valence-electron chi connectivity index (χ0n) is 45.3. The average molecular weight is 1140 g/mol. The van der Waals surface area contributed by atoms with Gasteiger partial charge in [0.25, 0.3) is 0 Å². The van der Waals surface area contributed by atoms with Gasteiger partial charge in [-0.15, -0.1) is 0 Å². The summed E-state index contributed by atoms with van der Waals surface area (Å²) in [7, 11) is -0.380. The summed E-state index contributed by atoms with van der Waals surface area (Å²) in [5, 5.41) is 106. The average Bonchev–Trinajstić information content (AvgIpc) is 2.27. The maximum absolute atomic E-state index is 12.9. The monoisotopic (exact) mass is 1140 g/mol. The summed E-state index contributed by atoms with van der Waals surface area (Å²) in [6.45, 7) is 14.5. The van der Waals surface area contributed by atoms with Gasteiger partial charge in [0, 0.05) is 83.6 Å². The highest BCUT2D eigenvalue weighted by molar-refractivity contribution is 7.99. The molecule has 4 aliphatic heterocycles. The number of aliphatic hydroxyl groups is 8. The number of hydrogen-bond acceptors (Lipinski definition) is 19. The Bertz CT molecular complexity index is 2640. The molecular weight excluding hydrogens is 1060 g/mol. The molecule has 78 heavy (non-hydrogen) atoms. The van der Waals surface area contributed by atoms with Crippen LogP contribution in [-0.2, 0) is 34.3 Å². The third kappa shape index (κ3) is 10.5. The lowest BCUT2D eigenvalue weighted by Crippen LogP contribution is -2.85. The third-order valence-electron chi connectivity index (χ3n) is 18.6. The number of fused-ring (bicyclic) bond motifs is 7. The topological polar surface area (TPSA) is 356 Å². The van der Waals surface area contributed by atoms with E-state index in [2.05, 4.69) is 91.2 Å². The molecule has 2 aromatic carbocycles. The van der Waals surface area contributed by atoms with E-state index in [1.807, 2.05) is 18.7 Å². The smallest absolute Gasteiger partial charge is 0.394 e. The zero-order valence-corrected chi connectivity index (χ0v) is 47.0. The van der Waals surface area contributed by atoms with Crippen molar-refractivity contribution in [3.8, 4) is 0 Å². The Morgan fingerprint density at radius 2 is 1.38 bits per heavy atom. The normalized spacial score (nSPS) is 39.2. The molecule has 2 aromatic rings. The molecule has 4 bridgehead atoms. The van der Waals surface area contributed by atoms with Crippen LogP contribution in [0.15, 0.2) is 70.0 Å². The number of allylic oxidation sites excluding steroid dienone is 1. The number of carbonyl (C=O) groups excluding carboxylic acids is 1. The van der Waals surface area contributed by atoms with Crippen molar-refractivity contribution >= 4 is 51.4 Å². The van der Waals surface area contributed by atoms with Gasteiger partial charge in [0.2, 0.25) is 5.79 Å². The van der Waals surface area contributed by atoms with E-state index in [9.17, 15) is 45.0 Å². The van der Waals surface area contributed by atoms with Gasteiger partial charge < -0.3 is 70.3 Å². The van der Waals surface area contributed by atoms with Crippen LogP contribution in [0.4, 0.5) is 11.4 Å². The van der Waals surface area contributed by atoms with Crippen LogP contribution < -0.4 is 4.90 Å². The Kier molecular flexibility index (Phi) is 17.5. The van der Waals surface area contributed by atoms with E-state index in [1.165, 1.54) is 21.2 Å². The molecule has 3 saturated heterocycles. The van der Waals surface area contributed by atoms with Crippen LogP contribution in [0.5, 0.6) is 0 Å². The summed E-state index contributed by atoms with van der Waals surface area (Å²) in [6, 6.07) is 17.1. The number of ether oxygens (including phenoxy) is 2. The lowest BCUT2D eigenvalue weighted by Gasteiger charge is -2.68. The van der Waals surface area contributed by atoms with Crippen LogP contribution in [0.3, 0.4) is 0 Å². The number of piperidine rings is 2. The van der Waals surface area contributed by atoms with E-state index < -0.39 is 110 Å². The van der Waals surface area contributed by atoms with Gasteiger partial charge in [-0.25, -0.2) is 14.4 Å². The van der Waals surface area contributed by atoms with E-state index in [1.54, 1.807) is 26.8 Å². The number of benzene rings is 2. The van der Waals surface area contributed by atoms with Crippen molar-refractivity contribution < 1.29 is 92.4 Å². The summed E-state index contributed by atoms with van der Waals surface area (Å²) < 4.78 is 44.2. The number of carbonyl (C=O) groups is 3. The summed E-state index contributed by atoms with van der Waals surface area (Å²) in [4.78, 5) is 41.9. The molecule has 436 valence electrons. The number of aliphatic carboxylic acids is 2. The van der Waals surface area contributed by atoms with Crippen LogP contribution in [-0.4, -0.2) is 201 Å². The van der Waals surface area contributed by atoms with Gasteiger partial charge in [0.15, 0.2) is 18.3 Å². The van der Waals surface area contributed by atoms with E-state index in [0.717, 1.165) is 19.5 Å². The Morgan fingerprint density at radius 3 is 1.91 bits per heavy atom. The fourth-order valence-electron chi connectivity index (χ4n) is 15.0. The van der Waals surface area contributed by atoms with Crippen molar-refractivity contribution in [3.05, 3.63) is 60.2 Å². The van der Waals surface area contributed by atoms with Gasteiger partial charge in [0.1, 0.15) is 22.4 Å². The fraction of sp³-hybridized carbons (Fsp3) is 0.685. The molecule has 8 aliphatic rings. The summed E-state index contributed by atoms with van der Waals surface area (Å²) in [5.74, 6) is -6.97. The molecule has 4 saturated carbocycles. The van der Waals surface area contributed by atoms with Gasteiger partial charge in [0.05, 0.1) is 23.1 Å². The predicted octanol–water partition coefficient (Wildman–Crippen LogP) is 2.70. The Hall–Kier alpha value is -3.83. The summed E-state index contributed by atoms with van der Waals surface area (Å²) in [5.41, 5.74) is -6.28. The van der Waals surface area contributed by atoms with Crippen molar-refractivity contribution in [3.63, 3.8) is 0 Å². The largest absolute Gasteiger partial charge is 0.479 e. The maximum Gasteiger partial charge on any atom is 0.394 e. The first-order valence-electron chi connectivity index (χ1n) is 26.5. The second-order valence-corrected chi connectivity index (χ2v) is 25.7. The molecule has 10 rings (SSSR count). The number of para-hydroxylation sites is 2. The van der Waals surface area contributed by atoms with Gasteiger partial charge >= 0.3 is 28.3 Å². The molecule has 17 atom stereocenters. The quantitative estimate of drug-likeness (QED) is 0.0975. The number of anilines is 2. The number of carboxylic acids is 2. The van der Waals surface area contributed by atoms with Crippen LogP contribution >= 0.6 is 11.8 Å². The molecular formula is C54H79N3O19S2. The second kappa shape index (κ2) is 22.2. The van der Waals surface area contributed by atoms with Gasteiger partial charge in [-0.05, 0) is 109 Å². The minimum atomic E-state index is -4.67. The Balaban J connectivity index is 0.000000202. The van der Waals surface area contributed by atoms with E-state index in [0.29, 0.717) is 56.1 Å².